The molecule has 2 atom stereocenters. The molecule has 1 aromatic carbocycles. The van der Waals surface area contributed by atoms with Crippen molar-refractivity contribution >= 4 is 46.5 Å². The van der Waals surface area contributed by atoms with E-state index in [1.54, 1.807) is 0 Å². The molecule has 2 aliphatic rings. The Kier molecular flexibility index (Phi) is 7.27. The van der Waals surface area contributed by atoms with Crippen molar-refractivity contribution in [1.29, 1.82) is 0 Å². The molecule has 0 spiro atoms. The van der Waals surface area contributed by atoms with Gasteiger partial charge >= 0.3 is 0 Å². The van der Waals surface area contributed by atoms with Gasteiger partial charge in [-0.05, 0) is 44.2 Å². The van der Waals surface area contributed by atoms with Crippen molar-refractivity contribution in [2.24, 2.45) is 0 Å². The molecule has 34 heavy (non-hydrogen) atoms. The van der Waals surface area contributed by atoms with Gasteiger partial charge in [0.05, 0.1) is 5.69 Å². The van der Waals surface area contributed by atoms with E-state index in [9.17, 15) is 9.59 Å². The van der Waals surface area contributed by atoms with Gasteiger partial charge in [0.1, 0.15) is 5.69 Å². The molecule has 0 saturated heterocycles. The smallest absolute Gasteiger partial charge is 0.280 e. The number of halogens is 1. The number of aromatic nitrogens is 2. The zero-order chi connectivity index (χ0) is 22.9. The zero-order valence-electron chi connectivity index (χ0n) is 19.0. The quantitative estimate of drug-likeness (QED) is 0.481. The molecule has 0 bridgehead atoms. The average Bonchev–Trinajstić information content (AvgIpc) is 3.43. The Labute approximate surface area is 209 Å². The van der Waals surface area contributed by atoms with Gasteiger partial charge in [0.15, 0.2) is 5.01 Å². The second kappa shape index (κ2) is 10.2. The van der Waals surface area contributed by atoms with Gasteiger partial charge in [-0.25, -0.2) is 4.98 Å². The highest BCUT2D eigenvalue weighted by molar-refractivity contribution is 7.13. The van der Waals surface area contributed by atoms with Crippen molar-refractivity contribution in [3.8, 4) is 12.3 Å². The number of amides is 2. The first kappa shape index (κ1) is 24.3. The minimum absolute atomic E-state index is 0. The minimum atomic E-state index is -0.174. The first-order valence-corrected chi connectivity index (χ1v) is 12.2. The number of carbonyl (C=O) groups is 2. The lowest BCUT2D eigenvalue weighted by Crippen LogP contribution is -2.53. The Morgan fingerprint density at radius 3 is 2.65 bits per heavy atom. The molecule has 1 saturated carbocycles. The van der Waals surface area contributed by atoms with E-state index in [0.717, 1.165) is 67.4 Å². The summed E-state index contributed by atoms with van der Waals surface area (Å²) in [5.41, 5.74) is 3.18. The molecule has 0 radical (unpaired) electrons. The normalized spacial score (nSPS) is 20.1. The van der Waals surface area contributed by atoms with Crippen molar-refractivity contribution in [3.05, 3.63) is 51.1 Å². The third kappa shape index (κ3) is 4.97. The fraction of sp³-hybridized carbons (Fsp3) is 0.400. The number of benzene rings is 1. The molecule has 7 nitrogen and oxygen atoms in total. The molecule has 0 unspecified atom stereocenters. The van der Waals surface area contributed by atoms with E-state index in [1.165, 1.54) is 16.2 Å². The highest BCUT2D eigenvalue weighted by Gasteiger charge is 2.30. The molecule has 1 aliphatic carbocycles. The lowest BCUT2D eigenvalue weighted by molar-refractivity contribution is 0.0860. The van der Waals surface area contributed by atoms with Gasteiger partial charge in [0.2, 0.25) is 0 Å². The Hall–Kier alpha value is -2.86. The molecule has 1 fully saturated rings. The lowest BCUT2D eigenvalue weighted by atomic mass is 9.90. The second-order valence-corrected chi connectivity index (χ2v) is 10.0. The van der Waals surface area contributed by atoms with Gasteiger partial charge in [0, 0.05) is 52.9 Å². The third-order valence-corrected chi connectivity index (χ3v) is 7.63. The van der Waals surface area contributed by atoms with Crippen molar-refractivity contribution in [1.82, 2.24) is 25.5 Å². The van der Waals surface area contributed by atoms with Gasteiger partial charge < -0.3 is 20.5 Å². The number of likely N-dealkylation sites (N-methyl/N-ethyl adjacent to an activating group) is 1. The third-order valence-electron chi connectivity index (χ3n) is 6.55. The molecule has 3 N–H and O–H groups in total. The summed E-state index contributed by atoms with van der Waals surface area (Å²) in [5, 5.41) is 7.71. The van der Waals surface area contributed by atoms with Crippen LogP contribution in [0.5, 0.6) is 0 Å². The predicted octanol–water partition coefficient (Wildman–Crippen LogP) is 3.49. The van der Waals surface area contributed by atoms with Crippen molar-refractivity contribution in [2.45, 2.75) is 50.7 Å². The highest BCUT2D eigenvalue weighted by Crippen LogP contribution is 2.26. The number of hydrogen-bond acceptors (Lipinski definition) is 5. The monoisotopic (exact) mass is 497 g/mol. The number of H-pyrrole nitrogens is 1. The van der Waals surface area contributed by atoms with Crippen LogP contribution in [0.3, 0.4) is 0 Å². The molecular formula is C25H28ClN5O2S. The summed E-state index contributed by atoms with van der Waals surface area (Å²) in [6.07, 6.45) is 10.1. The van der Waals surface area contributed by atoms with Crippen LogP contribution < -0.4 is 10.6 Å². The van der Waals surface area contributed by atoms with Gasteiger partial charge in [-0.3, -0.25) is 9.59 Å². The molecule has 2 amide bonds. The van der Waals surface area contributed by atoms with Crippen LogP contribution in [0, 0.1) is 12.3 Å². The number of rotatable bonds is 4. The molecular weight excluding hydrogens is 470 g/mol. The molecule has 2 aromatic heterocycles. The maximum Gasteiger partial charge on any atom is 0.280 e. The maximum absolute atomic E-state index is 13.0. The van der Waals surface area contributed by atoms with Crippen LogP contribution in [0.4, 0.5) is 0 Å². The van der Waals surface area contributed by atoms with Gasteiger partial charge in [-0.15, -0.1) is 30.2 Å². The van der Waals surface area contributed by atoms with Crippen LogP contribution in [0.25, 0.3) is 10.9 Å². The number of carbonyl (C=O) groups excluding carboxylic acids is 2. The van der Waals surface area contributed by atoms with E-state index in [0.29, 0.717) is 10.7 Å². The predicted molar refractivity (Wildman–Crippen MR) is 137 cm³/mol. The Balaban J connectivity index is 0.00000274. The number of aromatic amines is 1. The largest absolute Gasteiger partial charge is 0.351 e. The minimum Gasteiger partial charge on any atom is -0.351 e. The molecule has 178 valence electrons. The molecule has 3 aromatic rings. The lowest BCUT2D eigenvalue weighted by Gasteiger charge is -2.32. The maximum atomic E-state index is 13.0. The summed E-state index contributed by atoms with van der Waals surface area (Å²) in [6, 6.07) is 7.20. The van der Waals surface area contributed by atoms with Crippen LogP contribution in [-0.2, 0) is 13.0 Å². The van der Waals surface area contributed by atoms with E-state index >= 15 is 0 Å². The summed E-state index contributed by atoms with van der Waals surface area (Å²) in [6.45, 7) is 1.81. The van der Waals surface area contributed by atoms with Gasteiger partial charge in [-0.2, -0.15) is 0 Å². The molecule has 9 heteroatoms. The standard InChI is InChI=1S/C25H27N5O2S.ClH/c1-3-15-8-9-17-16(12-15)13-21(26-17)23(31)27-18-6-4-5-7-19(18)28-24(32)25-29-20-10-11-30(2)14-22(20)33-25;/h1,8-9,12-13,18-19,26H,4-7,10-11,14H2,2H3,(H,27,31)(H,28,32);1H/t18-,19+;/m0./s1. The number of thiazole rings is 1. The second-order valence-electron chi connectivity index (χ2n) is 8.95. The number of nitrogens with one attached hydrogen (secondary N) is 3. The van der Waals surface area contributed by atoms with E-state index < -0.39 is 0 Å². The average molecular weight is 498 g/mol. The SMILES string of the molecule is C#Cc1ccc2[nH]c(C(=O)N[C@H]3CCCC[C@H]3NC(=O)c3nc4c(s3)CN(C)CC4)cc2c1.Cl. The fourth-order valence-electron chi connectivity index (χ4n) is 4.72. The summed E-state index contributed by atoms with van der Waals surface area (Å²) < 4.78 is 0. The molecule has 5 rings (SSSR count). The number of nitrogens with zero attached hydrogens (tertiary/aromatic N) is 2. The summed E-state index contributed by atoms with van der Waals surface area (Å²) in [5.74, 6) is 2.30. The van der Waals surface area contributed by atoms with E-state index in [2.05, 4.69) is 38.5 Å². The van der Waals surface area contributed by atoms with Crippen LogP contribution >= 0.6 is 23.7 Å². The fourth-order valence-corrected chi connectivity index (χ4v) is 5.81. The Morgan fingerprint density at radius 1 is 1.18 bits per heavy atom. The van der Waals surface area contributed by atoms with Crippen molar-refractivity contribution < 1.29 is 9.59 Å². The number of hydrogen-bond donors (Lipinski definition) is 3. The van der Waals surface area contributed by atoms with Crippen molar-refractivity contribution in [2.75, 3.05) is 13.6 Å². The topological polar surface area (TPSA) is 90.1 Å². The Morgan fingerprint density at radius 2 is 1.91 bits per heavy atom. The van der Waals surface area contributed by atoms with Crippen LogP contribution in [-0.4, -0.2) is 52.4 Å². The Bertz CT molecular complexity index is 1260. The summed E-state index contributed by atoms with van der Waals surface area (Å²) >= 11 is 1.48. The molecule has 3 heterocycles. The van der Waals surface area contributed by atoms with Gasteiger partial charge in [0.25, 0.3) is 11.8 Å². The number of fused-ring (bicyclic) bond motifs is 2. The van der Waals surface area contributed by atoms with Crippen LogP contribution in [0.15, 0.2) is 24.3 Å². The van der Waals surface area contributed by atoms with Gasteiger partial charge in [-0.1, -0.05) is 18.8 Å². The van der Waals surface area contributed by atoms with E-state index in [1.807, 2.05) is 24.3 Å². The van der Waals surface area contributed by atoms with Crippen LogP contribution in [0.2, 0.25) is 0 Å². The zero-order valence-corrected chi connectivity index (χ0v) is 20.7. The highest BCUT2D eigenvalue weighted by atomic mass is 35.5. The first-order chi connectivity index (χ1) is 16.0. The number of terminal acetylenes is 1. The summed E-state index contributed by atoms with van der Waals surface area (Å²) in [7, 11) is 2.08. The van der Waals surface area contributed by atoms with Crippen molar-refractivity contribution in [3.63, 3.8) is 0 Å². The van der Waals surface area contributed by atoms with Crippen LogP contribution in [0.1, 0.15) is 62.1 Å². The van der Waals surface area contributed by atoms with E-state index in [-0.39, 0.29) is 36.3 Å². The van der Waals surface area contributed by atoms with E-state index in [4.69, 9.17) is 6.42 Å². The molecule has 1 aliphatic heterocycles. The summed E-state index contributed by atoms with van der Waals surface area (Å²) in [4.78, 5) is 37.2. The first-order valence-electron chi connectivity index (χ1n) is 11.4.